The molecule has 1 aliphatic rings. The number of aryl methyl sites for hydroxylation is 1. The minimum Gasteiger partial charge on any atom is -0.481 e. The van der Waals surface area contributed by atoms with Gasteiger partial charge in [-0.15, -0.1) is 0 Å². The number of carbonyl (C=O) groups is 1. The Balaban J connectivity index is 2.21. The van der Waals surface area contributed by atoms with Crippen molar-refractivity contribution in [2.75, 3.05) is 18.0 Å². The highest BCUT2D eigenvalue weighted by atomic mass is 19.1. The fourth-order valence-corrected chi connectivity index (χ4v) is 1.82. The SMILES string of the molecule is Cc1ncnc(N2CCC(C(=O)O)C2)c1F. The van der Waals surface area contributed by atoms with Crippen LogP contribution in [0.15, 0.2) is 6.33 Å². The number of carboxylic acid groups (broad SMARTS) is 1. The first-order valence-corrected chi connectivity index (χ1v) is 5.04. The van der Waals surface area contributed by atoms with E-state index < -0.39 is 17.7 Å². The summed E-state index contributed by atoms with van der Waals surface area (Å²) in [5.74, 6) is -1.53. The van der Waals surface area contributed by atoms with Crippen LogP contribution in [0.5, 0.6) is 0 Å². The Morgan fingerprint density at radius 1 is 1.62 bits per heavy atom. The van der Waals surface area contributed by atoms with Crippen LogP contribution in [0.3, 0.4) is 0 Å². The molecule has 1 unspecified atom stereocenters. The average Bonchev–Trinajstić information content (AvgIpc) is 2.71. The molecule has 1 atom stereocenters. The van der Waals surface area contributed by atoms with Gasteiger partial charge in [-0.2, -0.15) is 0 Å². The number of carboxylic acids is 1. The molecule has 0 spiro atoms. The van der Waals surface area contributed by atoms with E-state index in [1.165, 1.54) is 6.33 Å². The molecular formula is C10H12FN3O2. The van der Waals surface area contributed by atoms with Crippen LogP contribution < -0.4 is 4.90 Å². The highest BCUT2D eigenvalue weighted by Crippen LogP contribution is 2.24. The minimum absolute atomic E-state index is 0.205. The van der Waals surface area contributed by atoms with Crippen LogP contribution in [0.1, 0.15) is 12.1 Å². The topological polar surface area (TPSA) is 66.3 Å². The molecule has 1 saturated heterocycles. The van der Waals surface area contributed by atoms with Crippen molar-refractivity contribution in [3.8, 4) is 0 Å². The zero-order chi connectivity index (χ0) is 11.7. The number of aliphatic carboxylic acids is 1. The van der Waals surface area contributed by atoms with Gasteiger partial charge in [0.2, 0.25) is 0 Å². The molecule has 1 aromatic heterocycles. The monoisotopic (exact) mass is 225 g/mol. The summed E-state index contributed by atoms with van der Waals surface area (Å²) in [6.07, 6.45) is 1.82. The van der Waals surface area contributed by atoms with Gasteiger partial charge in [0.05, 0.1) is 11.6 Å². The molecule has 2 rings (SSSR count). The molecule has 0 amide bonds. The Morgan fingerprint density at radius 3 is 3.00 bits per heavy atom. The maximum absolute atomic E-state index is 13.7. The summed E-state index contributed by atoms with van der Waals surface area (Å²) < 4.78 is 13.7. The number of rotatable bonds is 2. The molecule has 0 aliphatic carbocycles. The lowest BCUT2D eigenvalue weighted by atomic mass is 10.1. The van der Waals surface area contributed by atoms with Crippen molar-refractivity contribution in [1.29, 1.82) is 0 Å². The molecule has 0 saturated carbocycles. The van der Waals surface area contributed by atoms with Gasteiger partial charge < -0.3 is 10.0 Å². The van der Waals surface area contributed by atoms with Gasteiger partial charge in [-0.25, -0.2) is 14.4 Å². The van der Waals surface area contributed by atoms with Crippen LogP contribution in [0.4, 0.5) is 10.2 Å². The van der Waals surface area contributed by atoms with Gasteiger partial charge in [0.1, 0.15) is 6.33 Å². The van der Waals surface area contributed by atoms with Crippen LogP contribution >= 0.6 is 0 Å². The lowest BCUT2D eigenvalue weighted by Gasteiger charge is -2.17. The summed E-state index contributed by atoms with van der Waals surface area (Å²) in [6.45, 7) is 2.39. The fourth-order valence-electron chi connectivity index (χ4n) is 1.82. The summed E-state index contributed by atoms with van der Waals surface area (Å²) in [5.41, 5.74) is 0.281. The first-order valence-electron chi connectivity index (χ1n) is 5.04. The van der Waals surface area contributed by atoms with Crippen molar-refractivity contribution in [2.45, 2.75) is 13.3 Å². The molecule has 86 valence electrons. The van der Waals surface area contributed by atoms with Crippen LogP contribution in [-0.4, -0.2) is 34.1 Å². The number of nitrogens with zero attached hydrogens (tertiary/aromatic N) is 3. The number of halogens is 1. The van der Waals surface area contributed by atoms with Crippen molar-refractivity contribution < 1.29 is 14.3 Å². The van der Waals surface area contributed by atoms with Crippen molar-refractivity contribution in [3.63, 3.8) is 0 Å². The zero-order valence-electron chi connectivity index (χ0n) is 8.85. The standard InChI is InChI=1S/C10H12FN3O2/c1-6-8(11)9(13-5-12-6)14-3-2-7(4-14)10(15)16/h5,7H,2-4H2,1H3,(H,15,16). The molecule has 1 fully saturated rings. The molecule has 1 aromatic rings. The van der Waals surface area contributed by atoms with Gasteiger partial charge in [0, 0.05) is 13.1 Å². The maximum atomic E-state index is 13.7. The highest BCUT2D eigenvalue weighted by Gasteiger charge is 2.30. The van der Waals surface area contributed by atoms with Gasteiger partial charge in [0.25, 0.3) is 0 Å². The molecule has 0 aromatic carbocycles. The molecule has 16 heavy (non-hydrogen) atoms. The van der Waals surface area contributed by atoms with E-state index in [1.54, 1.807) is 11.8 Å². The summed E-state index contributed by atoms with van der Waals surface area (Å²) in [5, 5.41) is 8.85. The van der Waals surface area contributed by atoms with Gasteiger partial charge in [0.15, 0.2) is 11.6 Å². The van der Waals surface area contributed by atoms with Gasteiger partial charge in [-0.3, -0.25) is 4.79 Å². The smallest absolute Gasteiger partial charge is 0.308 e. The molecule has 6 heteroatoms. The quantitative estimate of drug-likeness (QED) is 0.807. The molecule has 1 aliphatic heterocycles. The Hall–Kier alpha value is -1.72. The van der Waals surface area contributed by atoms with Crippen LogP contribution in [0.25, 0.3) is 0 Å². The largest absolute Gasteiger partial charge is 0.481 e. The summed E-state index contributed by atoms with van der Waals surface area (Å²) in [7, 11) is 0. The summed E-state index contributed by atoms with van der Waals surface area (Å²) in [6, 6.07) is 0. The van der Waals surface area contributed by atoms with E-state index in [0.29, 0.717) is 19.5 Å². The fraction of sp³-hybridized carbons (Fsp3) is 0.500. The number of hydrogen-bond donors (Lipinski definition) is 1. The first kappa shape index (κ1) is 10.8. The first-order chi connectivity index (χ1) is 7.59. The van der Waals surface area contributed by atoms with Crippen LogP contribution in [-0.2, 0) is 4.79 Å². The van der Waals surface area contributed by atoms with Crippen molar-refractivity contribution >= 4 is 11.8 Å². The third-order valence-corrected chi connectivity index (χ3v) is 2.78. The summed E-state index contributed by atoms with van der Waals surface area (Å²) >= 11 is 0. The molecular weight excluding hydrogens is 213 g/mol. The van der Waals surface area contributed by atoms with Gasteiger partial charge in [-0.1, -0.05) is 0 Å². The van der Waals surface area contributed by atoms with Crippen LogP contribution in [0, 0.1) is 18.7 Å². The molecule has 5 nitrogen and oxygen atoms in total. The van der Waals surface area contributed by atoms with Crippen molar-refractivity contribution in [3.05, 3.63) is 17.8 Å². The second-order valence-corrected chi connectivity index (χ2v) is 3.87. The molecule has 1 N–H and O–H groups in total. The Kier molecular flexibility index (Phi) is 2.72. The van der Waals surface area contributed by atoms with Gasteiger partial charge >= 0.3 is 5.97 Å². The Labute approximate surface area is 91.9 Å². The van der Waals surface area contributed by atoms with Gasteiger partial charge in [-0.05, 0) is 13.3 Å². The zero-order valence-corrected chi connectivity index (χ0v) is 8.85. The highest BCUT2D eigenvalue weighted by molar-refractivity contribution is 5.71. The number of hydrogen-bond acceptors (Lipinski definition) is 4. The molecule has 0 bridgehead atoms. The van der Waals surface area contributed by atoms with E-state index in [4.69, 9.17) is 5.11 Å². The Bertz CT molecular complexity index is 425. The number of aromatic nitrogens is 2. The van der Waals surface area contributed by atoms with E-state index >= 15 is 0 Å². The van der Waals surface area contributed by atoms with E-state index in [0.717, 1.165) is 0 Å². The van der Waals surface area contributed by atoms with E-state index in [9.17, 15) is 9.18 Å². The third-order valence-electron chi connectivity index (χ3n) is 2.78. The Morgan fingerprint density at radius 2 is 2.38 bits per heavy atom. The van der Waals surface area contributed by atoms with Crippen LogP contribution in [0.2, 0.25) is 0 Å². The lowest BCUT2D eigenvalue weighted by molar-refractivity contribution is -0.140. The van der Waals surface area contributed by atoms with Crippen molar-refractivity contribution in [1.82, 2.24) is 9.97 Å². The number of anilines is 1. The second kappa shape index (κ2) is 4.03. The second-order valence-electron chi connectivity index (χ2n) is 3.87. The molecule has 2 heterocycles. The normalized spacial score (nSPS) is 20.1. The lowest BCUT2D eigenvalue weighted by Crippen LogP contribution is -2.24. The average molecular weight is 225 g/mol. The third kappa shape index (κ3) is 1.82. The predicted octanol–water partition coefficient (Wildman–Crippen LogP) is 0.835. The maximum Gasteiger partial charge on any atom is 0.308 e. The summed E-state index contributed by atoms with van der Waals surface area (Å²) in [4.78, 5) is 20.0. The van der Waals surface area contributed by atoms with Crippen molar-refractivity contribution in [2.24, 2.45) is 5.92 Å². The predicted molar refractivity (Wildman–Crippen MR) is 54.7 cm³/mol. The molecule has 0 radical (unpaired) electrons. The minimum atomic E-state index is -0.839. The van der Waals surface area contributed by atoms with E-state index in [-0.39, 0.29) is 11.5 Å². The van der Waals surface area contributed by atoms with E-state index in [1.807, 2.05) is 0 Å². The van der Waals surface area contributed by atoms with E-state index in [2.05, 4.69) is 9.97 Å².